The van der Waals surface area contributed by atoms with Gasteiger partial charge in [0.1, 0.15) is 11.4 Å². The van der Waals surface area contributed by atoms with Gasteiger partial charge in [-0.05, 0) is 56.9 Å². The largest absolute Gasteiger partial charge is 0.507 e. The van der Waals surface area contributed by atoms with Crippen molar-refractivity contribution in [1.82, 2.24) is 20.1 Å². The molecule has 0 bridgehead atoms. The van der Waals surface area contributed by atoms with Gasteiger partial charge in [-0.25, -0.2) is 4.98 Å². The third-order valence-electron chi connectivity index (χ3n) is 4.89. The van der Waals surface area contributed by atoms with Crippen LogP contribution in [-0.4, -0.2) is 51.4 Å². The summed E-state index contributed by atoms with van der Waals surface area (Å²) in [4.78, 5) is 6.89. The second-order valence-corrected chi connectivity index (χ2v) is 7.47. The first-order chi connectivity index (χ1) is 12.1. The highest BCUT2D eigenvalue weighted by Gasteiger charge is 2.21. The summed E-state index contributed by atoms with van der Waals surface area (Å²) < 4.78 is 1.05. The zero-order chi connectivity index (χ0) is 17.4. The summed E-state index contributed by atoms with van der Waals surface area (Å²) in [7, 11) is 2.15. The van der Waals surface area contributed by atoms with Crippen molar-refractivity contribution in [2.24, 2.45) is 0 Å². The number of hydrogen-bond donors (Lipinski definition) is 2. The number of phenolic OH excluding ortho intramolecular Hbond substituents is 1. The number of anilines is 1. The highest BCUT2D eigenvalue weighted by atomic mass is 32.1. The highest BCUT2D eigenvalue weighted by Crippen LogP contribution is 2.37. The van der Waals surface area contributed by atoms with Crippen LogP contribution in [0.2, 0.25) is 0 Å². The Bertz CT molecular complexity index is 910. The third-order valence-corrected chi connectivity index (χ3v) is 5.77. The number of aryl methyl sites for hydroxylation is 1. The number of hydrogen-bond acceptors (Lipinski definition) is 7. The van der Waals surface area contributed by atoms with Gasteiger partial charge < -0.3 is 15.3 Å². The average molecular weight is 355 g/mol. The molecule has 0 radical (unpaired) electrons. The Labute approximate surface area is 150 Å². The van der Waals surface area contributed by atoms with Crippen LogP contribution in [0, 0.1) is 6.92 Å². The van der Waals surface area contributed by atoms with E-state index in [1.807, 2.05) is 30.5 Å². The average Bonchev–Trinajstić information content (AvgIpc) is 3.23. The van der Waals surface area contributed by atoms with Crippen molar-refractivity contribution in [2.75, 3.05) is 25.5 Å². The Balaban J connectivity index is 1.57. The first kappa shape index (κ1) is 16.2. The van der Waals surface area contributed by atoms with E-state index in [9.17, 15) is 5.11 Å². The molecule has 2 aromatic heterocycles. The second kappa shape index (κ2) is 6.57. The Kier molecular flexibility index (Phi) is 4.27. The van der Waals surface area contributed by atoms with E-state index in [4.69, 9.17) is 0 Å². The van der Waals surface area contributed by atoms with Crippen LogP contribution in [0.1, 0.15) is 18.5 Å². The SMILES string of the molecule is Cc1nc(NC[C@@H]2CCCN2C)nnc1-c1ccc2sccc2c1O. The van der Waals surface area contributed by atoms with Crippen LogP contribution in [0.4, 0.5) is 5.95 Å². The standard InChI is InChI=1S/C18H21N5OS/c1-11-16(14-5-6-15-13(17(14)24)7-9-25-15)21-22-18(20-11)19-10-12-4-3-8-23(12)2/h5-7,9,12,24H,3-4,8,10H2,1-2H3,(H,19,20,22)/t12-/m0/s1. The number of phenols is 1. The van der Waals surface area contributed by atoms with E-state index in [1.54, 1.807) is 11.3 Å². The molecule has 0 unspecified atom stereocenters. The molecule has 1 aliphatic heterocycles. The lowest BCUT2D eigenvalue weighted by molar-refractivity contribution is 0.322. The predicted octanol–water partition coefficient (Wildman–Crippen LogP) is 3.27. The van der Waals surface area contributed by atoms with Crippen molar-refractivity contribution in [3.8, 4) is 17.0 Å². The second-order valence-electron chi connectivity index (χ2n) is 6.52. The van der Waals surface area contributed by atoms with Gasteiger partial charge in [0, 0.05) is 28.2 Å². The van der Waals surface area contributed by atoms with Crippen LogP contribution in [0.3, 0.4) is 0 Å². The van der Waals surface area contributed by atoms with Crippen LogP contribution >= 0.6 is 11.3 Å². The topological polar surface area (TPSA) is 74.2 Å². The zero-order valence-corrected chi connectivity index (χ0v) is 15.2. The lowest BCUT2D eigenvalue weighted by Crippen LogP contribution is -2.32. The highest BCUT2D eigenvalue weighted by molar-refractivity contribution is 7.17. The number of benzene rings is 1. The quantitative estimate of drug-likeness (QED) is 0.748. The van der Waals surface area contributed by atoms with Crippen molar-refractivity contribution in [3.05, 3.63) is 29.3 Å². The smallest absolute Gasteiger partial charge is 0.243 e. The summed E-state index contributed by atoms with van der Waals surface area (Å²) in [5.74, 6) is 0.781. The number of nitrogens with zero attached hydrogens (tertiary/aromatic N) is 4. The number of aromatic nitrogens is 3. The van der Waals surface area contributed by atoms with E-state index in [0.717, 1.165) is 28.9 Å². The van der Waals surface area contributed by atoms with Gasteiger partial charge in [-0.1, -0.05) is 0 Å². The van der Waals surface area contributed by atoms with Gasteiger partial charge in [-0.15, -0.1) is 21.5 Å². The van der Waals surface area contributed by atoms with Gasteiger partial charge in [0.25, 0.3) is 0 Å². The molecule has 0 saturated carbocycles. The third kappa shape index (κ3) is 3.05. The Morgan fingerprint density at radius 1 is 1.32 bits per heavy atom. The molecule has 1 atom stereocenters. The fourth-order valence-corrected chi connectivity index (χ4v) is 4.18. The fraction of sp³-hybridized carbons (Fsp3) is 0.389. The summed E-state index contributed by atoms with van der Waals surface area (Å²) in [6.45, 7) is 3.87. The maximum absolute atomic E-state index is 10.6. The first-order valence-corrected chi connectivity index (χ1v) is 9.36. The van der Waals surface area contributed by atoms with Crippen LogP contribution in [-0.2, 0) is 0 Å². The normalized spacial score (nSPS) is 18.1. The number of rotatable bonds is 4. The van der Waals surface area contributed by atoms with Crippen molar-refractivity contribution >= 4 is 27.4 Å². The summed E-state index contributed by atoms with van der Waals surface area (Å²) in [6.07, 6.45) is 2.44. The molecule has 1 fully saturated rings. The predicted molar refractivity (Wildman–Crippen MR) is 101 cm³/mol. The summed E-state index contributed by atoms with van der Waals surface area (Å²) in [5, 5.41) is 25.2. The van der Waals surface area contributed by atoms with Crippen molar-refractivity contribution in [2.45, 2.75) is 25.8 Å². The number of likely N-dealkylation sites (N-methyl/N-ethyl adjacent to an activating group) is 1. The number of nitrogens with one attached hydrogen (secondary N) is 1. The molecule has 1 saturated heterocycles. The van der Waals surface area contributed by atoms with Gasteiger partial charge in [-0.3, -0.25) is 0 Å². The maximum Gasteiger partial charge on any atom is 0.243 e. The first-order valence-electron chi connectivity index (χ1n) is 8.48. The van der Waals surface area contributed by atoms with Crippen LogP contribution in [0.15, 0.2) is 23.6 Å². The molecule has 1 aliphatic rings. The lowest BCUT2D eigenvalue weighted by Gasteiger charge is -2.19. The maximum atomic E-state index is 10.6. The van der Waals surface area contributed by atoms with Crippen molar-refractivity contribution < 1.29 is 5.11 Å². The minimum Gasteiger partial charge on any atom is -0.507 e. The molecule has 3 aromatic rings. The van der Waals surface area contributed by atoms with E-state index in [2.05, 4.69) is 32.4 Å². The molecule has 0 amide bonds. The fourth-order valence-electron chi connectivity index (χ4n) is 3.39. The molecule has 4 rings (SSSR count). The number of fused-ring (bicyclic) bond motifs is 1. The van der Waals surface area contributed by atoms with Crippen LogP contribution in [0.25, 0.3) is 21.3 Å². The van der Waals surface area contributed by atoms with Gasteiger partial charge >= 0.3 is 0 Å². The molecule has 25 heavy (non-hydrogen) atoms. The molecule has 7 heteroatoms. The van der Waals surface area contributed by atoms with Crippen LogP contribution in [0.5, 0.6) is 5.75 Å². The lowest BCUT2D eigenvalue weighted by atomic mass is 10.1. The Hall–Kier alpha value is -2.25. The molecule has 3 heterocycles. The van der Waals surface area contributed by atoms with E-state index in [0.29, 0.717) is 23.2 Å². The molecular formula is C18H21N5OS. The van der Waals surface area contributed by atoms with Crippen LogP contribution < -0.4 is 5.32 Å². The van der Waals surface area contributed by atoms with Gasteiger partial charge in [-0.2, -0.15) is 0 Å². The Morgan fingerprint density at radius 3 is 2.96 bits per heavy atom. The number of aromatic hydroxyl groups is 1. The minimum atomic E-state index is 0.242. The van der Waals surface area contributed by atoms with Crippen molar-refractivity contribution in [1.29, 1.82) is 0 Å². The van der Waals surface area contributed by atoms with E-state index in [-0.39, 0.29) is 5.75 Å². The minimum absolute atomic E-state index is 0.242. The van der Waals surface area contributed by atoms with E-state index in [1.165, 1.54) is 12.8 Å². The molecule has 1 aromatic carbocycles. The summed E-state index contributed by atoms with van der Waals surface area (Å²) in [6, 6.07) is 6.32. The monoisotopic (exact) mass is 355 g/mol. The molecule has 0 spiro atoms. The van der Waals surface area contributed by atoms with Crippen molar-refractivity contribution in [3.63, 3.8) is 0 Å². The summed E-state index contributed by atoms with van der Waals surface area (Å²) >= 11 is 1.61. The van der Waals surface area contributed by atoms with E-state index < -0.39 is 0 Å². The Morgan fingerprint density at radius 2 is 2.20 bits per heavy atom. The zero-order valence-electron chi connectivity index (χ0n) is 14.4. The molecule has 2 N–H and O–H groups in total. The molecule has 0 aliphatic carbocycles. The number of likely N-dealkylation sites (tertiary alicyclic amines) is 1. The van der Waals surface area contributed by atoms with Gasteiger partial charge in [0.05, 0.1) is 5.69 Å². The number of thiophene rings is 1. The van der Waals surface area contributed by atoms with Gasteiger partial charge in [0.15, 0.2) is 0 Å². The summed E-state index contributed by atoms with van der Waals surface area (Å²) in [5.41, 5.74) is 2.04. The molecule has 6 nitrogen and oxygen atoms in total. The molecule has 130 valence electrons. The van der Waals surface area contributed by atoms with Gasteiger partial charge in [0.2, 0.25) is 5.95 Å². The van der Waals surface area contributed by atoms with E-state index >= 15 is 0 Å². The molecular weight excluding hydrogens is 334 g/mol.